The maximum atomic E-state index is 2.54. The monoisotopic (exact) mass is 176 g/mol. The van der Waals surface area contributed by atoms with Crippen molar-refractivity contribution in [3.63, 3.8) is 0 Å². The van der Waals surface area contributed by atoms with E-state index in [-0.39, 0.29) is 0 Å². The Bertz CT molecular complexity index is 164. The van der Waals surface area contributed by atoms with Crippen LogP contribution in [0.3, 0.4) is 0 Å². The second-order valence-corrected chi connectivity index (χ2v) is 4.80. The number of allylic oxidation sites excluding steroid dienone is 1. The van der Waals surface area contributed by atoms with Crippen LogP contribution < -0.4 is 0 Å². The van der Waals surface area contributed by atoms with Crippen molar-refractivity contribution in [2.45, 2.75) is 63.5 Å². The van der Waals surface area contributed by atoms with E-state index < -0.39 is 0 Å². The van der Waals surface area contributed by atoms with Gasteiger partial charge in [0, 0.05) is 0 Å². The van der Waals surface area contributed by atoms with Gasteiger partial charge in [0.2, 0.25) is 0 Å². The molecule has 0 atom stereocenters. The summed E-state index contributed by atoms with van der Waals surface area (Å²) in [5.74, 6) is 4.64. The van der Waals surface area contributed by atoms with E-state index in [1.165, 1.54) is 44.9 Å². The van der Waals surface area contributed by atoms with Crippen molar-refractivity contribution in [2.24, 2.45) is 0 Å². The minimum Gasteiger partial charge on any atom is -0.118 e. The van der Waals surface area contributed by atoms with E-state index in [0.717, 1.165) is 18.3 Å². The Morgan fingerprint density at radius 2 is 1.62 bits per heavy atom. The van der Waals surface area contributed by atoms with Gasteiger partial charge in [0.1, 0.15) is 0 Å². The lowest BCUT2D eigenvalue weighted by Crippen LogP contribution is -2.32. The first kappa shape index (κ1) is 9.36. The molecule has 0 spiro atoms. The van der Waals surface area contributed by atoms with Crippen LogP contribution in [0.1, 0.15) is 51.9 Å². The number of rotatable bonds is 2. The lowest BCUT2D eigenvalue weighted by Gasteiger charge is -2.39. The minimum atomic E-state index is 0.961. The lowest BCUT2D eigenvalue weighted by molar-refractivity contribution is 0.447. The molecule has 0 radical (unpaired) electrons. The first-order valence-corrected chi connectivity index (χ1v) is 6.08. The third kappa shape index (κ3) is 2.00. The van der Waals surface area contributed by atoms with Crippen LogP contribution >= 0.6 is 0 Å². The van der Waals surface area contributed by atoms with E-state index in [0.29, 0.717) is 0 Å². The maximum Gasteiger partial charge on any atom is 0.172 e. The van der Waals surface area contributed by atoms with Crippen LogP contribution in [0.4, 0.5) is 0 Å². The second-order valence-electron chi connectivity index (χ2n) is 4.80. The molecule has 2 bridgehead atoms. The van der Waals surface area contributed by atoms with Gasteiger partial charge < -0.3 is 0 Å². The fourth-order valence-corrected chi connectivity index (χ4v) is 3.34. The van der Waals surface area contributed by atoms with Crippen molar-refractivity contribution in [3.8, 4) is 0 Å². The SMILES string of the molecule is CC/C=C\B1C2CCCC1CCC2. The number of hydrogen-bond donors (Lipinski definition) is 0. The van der Waals surface area contributed by atoms with Crippen LogP contribution in [-0.2, 0) is 0 Å². The zero-order chi connectivity index (χ0) is 9.10. The fourth-order valence-electron chi connectivity index (χ4n) is 3.34. The summed E-state index contributed by atoms with van der Waals surface area (Å²) in [4.78, 5) is 0. The Hall–Kier alpha value is -0.195. The molecule has 0 unspecified atom stereocenters. The van der Waals surface area contributed by atoms with Crippen LogP contribution in [0.5, 0.6) is 0 Å². The van der Waals surface area contributed by atoms with E-state index >= 15 is 0 Å². The average molecular weight is 176 g/mol. The van der Waals surface area contributed by atoms with Gasteiger partial charge in [-0.2, -0.15) is 0 Å². The molecule has 2 aliphatic rings. The molecular weight excluding hydrogens is 155 g/mol. The molecule has 72 valence electrons. The van der Waals surface area contributed by atoms with Gasteiger partial charge in [-0.15, -0.1) is 5.98 Å². The minimum absolute atomic E-state index is 0.961. The van der Waals surface area contributed by atoms with Gasteiger partial charge in [0.25, 0.3) is 0 Å². The largest absolute Gasteiger partial charge is 0.172 e. The molecule has 0 aromatic rings. The quantitative estimate of drug-likeness (QED) is 0.555. The van der Waals surface area contributed by atoms with Crippen molar-refractivity contribution >= 4 is 6.71 Å². The molecule has 2 aliphatic heterocycles. The zero-order valence-electron chi connectivity index (χ0n) is 8.84. The topological polar surface area (TPSA) is 0 Å². The third-order valence-electron chi connectivity index (χ3n) is 3.98. The summed E-state index contributed by atoms with van der Waals surface area (Å²) in [5.41, 5.74) is 0. The van der Waals surface area contributed by atoms with Gasteiger partial charge in [-0.1, -0.05) is 63.2 Å². The van der Waals surface area contributed by atoms with E-state index in [2.05, 4.69) is 19.0 Å². The zero-order valence-corrected chi connectivity index (χ0v) is 8.84. The van der Waals surface area contributed by atoms with E-state index in [9.17, 15) is 0 Å². The molecule has 2 heterocycles. The molecule has 0 aromatic carbocycles. The second kappa shape index (κ2) is 4.35. The predicted molar refractivity (Wildman–Crippen MR) is 60.4 cm³/mol. The van der Waals surface area contributed by atoms with Crippen molar-refractivity contribution in [2.75, 3.05) is 0 Å². The smallest absolute Gasteiger partial charge is 0.118 e. The summed E-state index contributed by atoms with van der Waals surface area (Å²) >= 11 is 0. The maximum absolute atomic E-state index is 2.54. The van der Waals surface area contributed by atoms with Gasteiger partial charge in [0.05, 0.1) is 0 Å². The van der Waals surface area contributed by atoms with Gasteiger partial charge in [-0.3, -0.25) is 0 Å². The Balaban J connectivity index is 2.02. The summed E-state index contributed by atoms with van der Waals surface area (Å²) in [6, 6.07) is 0. The number of hydrogen-bond acceptors (Lipinski definition) is 0. The Morgan fingerprint density at radius 3 is 2.08 bits per heavy atom. The summed E-state index contributed by atoms with van der Waals surface area (Å²) in [7, 11) is 0. The van der Waals surface area contributed by atoms with Gasteiger partial charge in [0.15, 0.2) is 6.71 Å². The normalized spacial score (nSPS) is 34.1. The molecule has 1 heteroatoms. The summed E-state index contributed by atoms with van der Waals surface area (Å²) in [6.45, 7) is 3.21. The van der Waals surface area contributed by atoms with E-state index in [1.54, 1.807) is 0 Å². The van der Waals surface area contributed by atoms with Crippen LogP contribution in [0.15, 0.2) is 12.1 Å². The van der Waals surface area contributed by atoms with Crippen molar-refractivity contribution in [1.82, 2.24) is 0 Å². The Kier molecular flexibility index (Phi) is 3.13. The number of fused-ring (bicyclic) bond motifs is 2. The Labute approximate surface area is 82.9 Å². The van der Waals surface area contributed by atoms with Crippen molar-refractivity contribution in [3.05, 3.63) is 12.1 Å². The highest BCUT2D eigenvalue weighted by molar-refractivity contribution is 6.67. The van der Waals surface area contributed by atoms with Crippen molar-refractivity contribution in [1.29, 1.82) is 0 Å². The highest BCUT2D eigenvalue weighted by atomic mass is 14.2. The predicted octanol–water partition coefficient (Wildman–Crippen LogP) is 4.09. The average Bonchev–Trinajstić information content (AvgIpc) is 2.14. The van der Waals surface area contributed by atoms with Crippen LogP contribution in [-0.4, -0.2) is 6.71 Å². The molecule has 0 N–H and O–H groups in total. The molecule has 0 aliphatic carbocycles. The van der Waals surface area contributed by atoms with Crippen LogP contribution in [0.2, 0.25) is 11.6 Å². The van der Waals surface area contributed by atoms with Crippen LogP contribution in [0, 0.1) is 0 Å². The molecule has 13 heavy (non-hydrogen) atoms. The first-order chi connectivity index (χ1) is 6.42. The van der Waals surface area contributed by atoms with E-state index in [1.807, 2.05) is 0 Å². The molecule has 0 saturated carbocycles. The lowest BCUT2D eigenvalue weighted by atomic mass is 9.27. The highest BCUT2D eigenvalue weighted by Gasteiger charge is 2.36. The Morgan fingerprint density at radius 1 is 1.08 bits per heavy atom. The molecule has 2 fully saturated rings. The molecule has 2 saturated heterocycles. The fraction of sp³-hybridized carbons (Fsp3) is 0.833. The van der Waals surface area contributed by atoms with Crippen LogP contribution in [0.25, 0.3) is 0 Å². The standard InChI is InChI=1S/C12H21B/c1-2-3-10-13-11-6-4-7-12(13)9-5-8-11/h3,10-12H,2,4-9H2,1H3/b10-3-. The van der Waals surface area contributed by atoms with Gasteiger partial charge in [-0.05, 0) is 6.42 Å². The third-order valence-corrected chi connectivity index (χ3v) is 3.98. The van der Waals surface area contributed by atoms with Gasteiger partial charge in [-0.25, -0.2) is 0 Å². The molecule has 0 aromatic heterocycles. The summed E-state index contributed by atoms with van der Waals surface area (Å²) in [5, 5.41) is 0. The molecule has 2 rings (SSSR count). The molecule has 0 amide bonds. The highest BCUT2D eigenvalue weighted by Crippen LogP contribution is 2.46. The summed E-state index contributed by atoms with van der Waals surface area (Å²) in [6.07, 6.45) is 12.7. The first-order valence-electron chi connectivity index (χ1n) is 6.08. The van der Waals surface area contributed by atoms with Crippen molar-refractivity contribution < 1.29 is 0 Å². The molecule has 0 nitrogen and oxygen atoms in total. The molecular formula is C12H21B. The van der Waals surface area contributed by atoms with E-state index in [4.69, 9.17) is 0 Å². The van der Waals surface area contributed by atoms with Gasteiger partial charge >= 0.3 is 0 Å². The summed E-state index contributed by atoms with van der Waals surface area (Å²) < 4.78 is 0.